The number of unbranched alkanes of at least 4 members (excludes halogenated alkanes) is 6. The first-order chi connectivity index (χ1) is 18.2. The highest BCUT2D eigenvalue weighted by Crippen LogP contribution is 2.40. The molecule has 2 aromatic rings. The molecule has 0 aliphatic heterocycles. The van der Waals surface area contributed by atoms with E-state index in [-0.39, 0.29) is 0 Å². The highest BCUT2D eigenvalue weighted by molar-refractivity contribution is 5.68. The molecule has 2 aromatic carbocycles. The molecule has 0 heterocycles. The van der Waals surface area contributed by atoms with Gasteiger partial charge in [0.1, 0.15) is 0 Å². The lowest BCUT2D eigenvalue weighted by Gasteiger charge is -2.29. The van der Waals surface area contributed by atoms with Crippen LogP contribution in [-0.4, -0.2) is 0 Å². The second-order valence-electron chi connectivity index (χ2n) is 12.8. The smallest absolute Gasteiger partial charge is 0.0155 e. The molecule has 0 spiro atoms. The van der Waals surface area contributed by atoms with Crippen LogP contribution in [0.2, 0.25) is 0 Å². The molecule has 0 atom stereocenters. The van der Waals surface area contributed by atoms with E-state index in [1.807, 2.05) is 0 Å². The Morgan fingerprint density at radius 1 is 0.541 bits per heavy atom. The van der Waals surface area contributed by atoms with Crippen molar-refractivity contribution in [2.75, 3.05) is 0 Å². The van der Waals surface area contributed by atoms with Gasteiger partial charge in [-0.15, -0.1) is 0 Å². The predicted molar refractivity (Wildman–Crippen MR) is 164 cm³/mol. The molecular formula is C37H56. The van der Waals surface area contributed by atoms with E-state index >= 15 is 0 Å². The third kappa shape index (κ3) is 8.46. The van der Waals surface area contributed by atoms with Gasteiger partial charge >= 0.3 is 0 Å². The Bertz CT molecular complexity index is 890. The molecule has 204 valence electrons. The molecule has 0 aromatic heterocycles. The summed E-state index contributed by atoms with van der Waals surface area (Å²) in [6, 6.07) is 17.0. The average Bonchev–Trinajstić information content (AvgIpc) is 2.94. The van der Waals surface area contributed by atoms with Crippen molar-refractivity contribution in [3.8, 4) is 11.1 Å². The van der Waals surface area contributed by atoms with Gasteiger partial charge in [-0.25, -0.2) is 0 Å². The largest absolute Gasteiger partial charge is 0.0654 e. The van der Waals surface area contributed by atoms with Crippen molar-refractivity contribution in [1.82, 2.24) is 0 Å². The van der Waals surface area contributed by atoms with Crippen molar-refractivity contribution >= 4 is 0 Å². The maximum Gasteiger partial charge on any atom is -0.0155 e. The van der Waals surface area contributed by atoms with Gasteiger partial charge in [-0.2, -0.15) is 0 Å². The van der Waals surface area contributed by atoms with Crippen molar-refractivity contribution in [1.29, 1.82) is 0 Å². The molecule has 2 aliphatic carbocycles. The Kier molecular flexibility index (Phi) is 11.6. The minimum Gasteiger partial charge on any atom is -0.0654 e. The molecule has 0 bridgehead atoms. The lowest BCUT2D eigenvalue weighted by atomic mass is 9.76. The summed E-state index contributed by atoms with van der Waals surface area (Å²) in [6.45, 7) is 6.97. The quantitative estimate of drug-likeness (QED) is 0.240. The summed E-state index contributed by atoms with van der Waals surface area (Å²) in [4.78, 5) is 0. The molecule has 0 radical (unpaired) electrons. The van der Waals surface area contributed by atoms with Crippen LogP contribution in [0.4, 0.5) is 0 Å². The molecule has 2 fully saturated rings. The third-order valence-corrected chi connectivity index (χ3v) is 10.0. The van der Waals surface area contributed by atoms with E-state index < -0.39 is 0 Å². The fourth-order valence-electron chi connectivity index (χ4n) is 7.57. The van der Waals surface area contributed by atoms with Crippen LogP contribution in [0.1, 0.15) is 158 Å². The van der Waals surface area contributed by atoms with Crippen LogP contribution in [0.15, 0.2) is 42.5 Å². The molecule has 0 unspecified atom stereocenters. The summed E-state index contributed by atoms with van der Waals surface area (Å²) in [7, 11) is 0. The summed E-state index contributed by atoms with van der Waals surface area (Å²) in [5.74, 6) is 3.55. The van der Waals surface area contributed by atoms with Gasteiger partial charge in [0.05, 0.1) is 0 Å². The summed E-state index contributed by atoms with van der Waals surface area (Å²) >= 11 is 0. The van der Waals surface area contributed by atoms with Crippen LogP contribution in [0.5, 0.6) is 0 Å². The molecular weight excluding hydrogens is 444 g/mol. The lowest BCUT2D eigenvalue weighted by Crippen LogP contribution is -2.13. The minimum atomic E-state index is 0.781. The second-order valence-corrected chi connectivity index (χ2v) is 12.8. The highest BCUT2D eigenvalue weighted by atomic mass is 14.3. The Morgan fingerprint density at radius 2 is 1.08 bits per heavy atom. The van der Waals surface area contributed by atoms with Crippen LogP contribution < -0.4 is 0 Å². The molecule has 0 N–H and O–H groups in total. The standard InChI is InChI=1S/C37H56/c1-4-6-7-8-9-10-11-13-31-16-20-34(21-17-31)36-26-27-37(29(3)28-36)35-24-22-33(23-25-35)32-18-14-30(12-5-2)15-19-32/h22-28,30-32,34H,4-21H2,1-3H3. The van der Waals surface area contributed by atoms with Gasteiger partial charge in [0.15, 0.2) is 0 Å². The van der Waals surface area contributed by atoms with E-state index in [4.69, 9.17) is 0 Å². The van der Waals surface area contributed by atoms with Crippen LogP contribution in [0.3, 0.4) is 0 Å². The highest BCUT2D eigenvalue weighted by Gasteiger charge is 2.23. The monoisotopic (exact) mass is 500 g/mol. The van der Waals surface area contributed by atoms with E-state index in [0.29, 0.717) is 0 Å². The molecule has 2 aliphatic rings. The molecule has 4 rings (SSSR count). The topological polar surface area (TPSA) is 0 Å². The first-order valence-electron chi connectivity index (χ1n) is 16.4. The second kappa shape index (κ2) is 15.1. The molecule has 0 saturated heterocycles. The van der Waals surface area contributed by atoms with E-state index in [0.717, 1.165) is 23.7 Å². The fraction of sp³-hybridized carbons (Fsp3) is 0.676. The molecule has 0 amide bonds. The Hall–Kier alpha value is -1.56. The average molecular weight is 501 g/mol. The van der Waals surface area contributed by atoms with E-state index in [9.17, 15) is 0 Å². The number of aryl methyl sites for hydroxylation is 1. The van der Waals surface area contributed by atoms with Gasteiger partial charge in [0.25, 0.3) is 0 Å². The predicted octanol–water partition coefficient (Wildman–Crippen LogP) is 12.2. The number of benzene rings is 2. The zero-order valence-electron chi connectivity index (χ0n) is 24.6. The number of rotatable bonds is 13. The molecule has 37 heavy (non-hydrogen) atoms. The van der Waals surface area contributed by atoms with E-state index in [2.05, 4.69) is 63.2 Å². The van der Waals surface area contributed by atoms with E-state index in [1.165, 1.54) is 132 Å². The van der Waals surface area contributed by atoms with Gasteiger partial charge in [-0.05, 0) is 110 Å². The van der Waals surface area contributed by atoms with Crippen LogP contribution >= 0.6 is 0 Å². The third-order valence-electron chi connectivity index (χ3n) is 10.0. The fourth-order valence-corrected chi connectivity index (χ4v) is 7.57. The maximum atomic E-state index is 2.51. The van der Waals surface area contributed by atoms with Crippen molar-refractivity contribution in [2.45, 2.75) is 148 Å². The van der Waals surface area contributed by atoms with Crippen LogP contribution in [-0.2, 0) is 0 Å². The van der Waals surface area contributed by atoms with Gasteiger partial charge in [-0.1, -0.05) is 121 Å². The summed E-state index contributed by atoms with van der Waals surface area (Å²) in [5.41, 5.74) is 7.44. The van der Waals surface area contributed by atoms with Gasteiger partial charge in [-0.3, -0.25) is 0 Å². The van der Waals surface area contributed by atoms with Gasteiger partial charge < -0.3 is 0 Å². The SMILES string of the molecule is CCCCCCCCCC1CCC(c2ccc(-c3ccc(C4CCC(CCC)CC4)cc3)c(C)c2)CC1. The molecule has 0 heteroatoms. The Balaban J connectivity index is 1.23. The van der Waals surface area contributed by atoms with Crippen molar-refractivity contribution in [2.24, 2.45) is 11.8 Å². The number of hydrogen-bond acceptors (Lipinski definition) is 0. The zero-order valence-corrected chi connectivity index (χ0v) is 24.6. The van der Waals surface area contributed by atoms with Gasteiger partial charge in [0.2, 0.25) is 0 Å². The minimum absolute atomic E-state index is 0.781. The molecule has 2 saturated carbocycles. The summed E-state index contributed by atoms with van der Waals surface area (Å²) < 4.78 is 0. The zero-order chi connectivity index (χ0) is 25.9. The van der Waals surface area contributed by atoms with E-state index in [1.54, 1.807) is 11.1 Å². The summed E-state index contributed by atoms with van der Waals surface area (Å²) in [6.07, 6.45) is 25.7. The Morgan fingerprint density at radius 3 is 1.68 bits per heavy atom. The molecule has 0 nitrogen and oxygen atoms in total. The summed E-state index contributed by atoms with van der Waals surface area (Å²) in [5, 5.41) is 0. The van der Waals surface area contributed by atoms with Crippen molar-refractivity contribution in [3.05, 3.63) is 59.2 Å². The normalized spacial score (nSPS) is 24.3. The van der Waals surface area contributed by atoms with Crippen LogP contribution in [0.25, 0.3) is 11.1 Å². The van der Waals surface area contributed by atoms with Crippen molar-refractivity contribution < 1.29 is 0 Å². The van der Waals surface area contributed by atoms with Gasteiger partial charge in [0, 0.05) is 0 Å². The Labute approximate surface area is 230 Å². The number of hydrogen-bond donors (Lipinski definition) is 0. The first kappa shape index (κ1) is 28.4. The lowest BCUT2D eigenvalue weighted by molar-refractivity contribution is 0.301. The van der Waals surface area contributed by atoms with Crippen molar-refractivity contribution in [3.63, 3.8) is 0 Å². The first-order valence-corrected chi connectivity index (χ1v) is 16.4. The van der Waals surface area contributed by atoms with Crippen LogP contribution in [0, 0.1) is 18.8 Å². The maximum absolute atomic E-state index is 2.51.